The zero-order valence-electron chi connectivity index (χ0n) is 15.6. The number of benzene rings is 3. The summed E-state index contributed by atoms with van der Waals surface area (Å²) in [6.07, 6.45) is 0.910. The first kappa shape index (κ1) is 19.2. The molecule has 28 heavy (non-hydrogen) atoms. The normalized spacial score (nSPS) is 11.8. The van der Waals surface area contributed by atoms with Crippen molar-refractivity contribution < 1.29 is 14.3 Å². The molecule has 0 aliphatic carbocycles. The number of ether oxygens (including phenoxy) is 2. The second-order valence-corrected chi connectivity index (χ2v) is 6.15. The Morgan fingerprint density at radius 2 is 1.54 bits per heavy atom. The minimum absolute atomic E-state index is 0.323. The van der Waals surface area contributed by atoms with Crippen molar-refractivity contribution in [2.45, 2.75) is 19.6 Å². The zero-order chi connectivity index (χ0) is 19.6. The summed E-state index contributed by atoms with van der Waals surface area (Å²) in [5.41, 5.74) is 4.49. The Hall–Kier alpha value is -3.60. The van der Waals surface area contributed by atoms with E-state index >= 15 is 0 Å². The first-order chi connectivity index (χ1) is 13.7. The number of carbonyl (C=O) groups is 1. The fourth-order valence-electron chi connectivity index (χ4n) is 2.41. The maximum Gasteiger partial charge on any atom is 0.280 e. The van der Waals surface area contributed by atoms with Crippen molar-refractivity contribution in [3.05, 3.63) is 96.1 Å². The largest absolute Gasteiger partial charge is 0.489 e. The van der Waals surface area contributed by atoms with Crippen LogP contribution in [-0.4, -0.2) is 18.2 Å². The van der Waals surface area contributed by atoms with Crippen molar-refractivity contribution in [3.8, 4) is 11.5 Å². The highest BCUT2D eigenvalue weighted by Crippen LogP contribution is 2.19. The number of rotatable bonds is 8. The van der Waals surface area contributed by atoms with Crippen LogP contribution in [0.5, 0.6) is 11.5 Å². The molecule has 1 amide bonds. The topological polar surface area (TPSA) is 59.9 Å². The summed E-state index contributed by atoms with van der Waals surface area (Å²) < 4.78 is 11.4. The molecule has 142 valence electrons. The second-order valence-electron chi connectivity index (χ2n) is 6.15. The van der Waals surface area contributed by atoms with E-state index in [2.05, 4.69) is 10.5 Å². The molecule has 0 saturated heterocycles. The molecule has 1 unspecified atom stereocenters. The number of amides is 1. The molecule has 0 aromatic heterocycles. The van der Waals surface area contributed by atoms with Gasteiger partial charge in [-0.05, 0) is 42.3 Å². The molecule has 3 aromatic rings. The number of nitrogens with one attached hydrogen (secondary N) is 1. The second kappa shape index (κ2) is 9.92. The fraction of sp³-hybridized carbons (Fsp3) is 0.130. The molecule has 0 saturated carbocycles. The summed E-state index contributed by atoms with van der Waals surface area (Å²) in [7, 11) is 0. The molecular formula is C23H22N2O3. The van der Waals surface area contributed by atoms with E-state index in [4.69, 9.17) is 9.47 Å². The number of carbonyl (C=O) groups excluding carboxylic acids is 1. The van der Waals surface area contributed by atoms with Crippen molar-refractivity contribution in [3.63, 3.8) is 0 Å². The van der Waals surface area contributed by atoms with Crippen LogP contribution in [0, 0.1) is 0 Å². The van der Waals surface area contributed by atoms with Crippen LogP contribution in [0.15, 0.2) is 90.0 Å². The molecule has 0 fully saturated rings. The van der Waals surface area contributed by atoms with E-state index in [1.54, 1.807) is 25.3 Å². The molecule has 5 heteroatoms. The quantitative estimate of drug-likeness (QED) is 0.475. The first-order valence-corrected chi connectivity index (χ1v) is 9.02. The van der Waals surface area contributed by atoms with Crippen LogP contribution in [0.4, 0.5) is 0 Å². The van der Waals surface area contributed by atoms with Gasteiger partial charge in [-0.2, -0.15) is 5.10 Å². The van der Waals surface area contributed by atoms with Crippen LogP contribution in [0.1, 0.15) is 18.1 Å². The third kappa shape index (κ3) is 5.99. The van der Waals surface area contributed by atoms with Gasteiger partial charge in [0.2, 0.25) is 0 Å². The summed E-state index contributed by atoms with van der Waals surface area (Å²) in [5, 5.41) is 3.95. The Bertz CT molecular complexity index is 894. The van der Waals surface area contributed by atoms with Gasteiger partial charge in [-0.1, -0.05) is 60.7 Å². The fourth-order valence-corrected chi connectivity index (χ4v) is 2.41. The van der Waals surface area contributed by atoms with Crippen molar-refractivity contribution in [2.24, 2.45) is 5.10 Å². The maximum atomic E-state index is 12.1. The molecule has 0 aliphatic rings. The van der Waals surface area contributed by atoms with Crippen LogP contribution in [-0.2, 0) is 11.4 Å². The summed E-state index contributed by atoms with van der Waals surface area (Å²) in [6.45, 7) is 2.17. The van der Waals surface area contributed by atoms with Crippen molar-refractivity contribution >= 4 is 12.1 Å². The monoisotopic (exact) mass is 374 g/mol. The predicted octanol–water partition coefficient (Wildman–Crippen LogP) is 4.18. The van der Waals surface area contributed by atoms with Gasteiger partial charge in [0, 0.05) is 0 Å². The highest BCUT2D eigenvalue weighted by atomic mass is 16.5. The molecule has 3 aromatic carbocycles. The lowest BCUT2D eigenvalue weighted by molar-refractivity contribution is -0.127. The Kier molecular flexibility index (Phi) is 6.79. The maximum absolute atomic E-state index is 12.1. The van der Waals surface area contributed by atoms with E-state index < -0.39 is 6.10 Å². The van der Waals surface area contributed by atoms with Crippen molar-refractivity contribution in [1.82, 2.24) is 5.43 Å². The standard InChI is InChI=1S/C23H22N2O3/c1-18(23(26)25-24-16-19-8-4-2-5-9-19)28-22-14-12-21(13-15-22)27-17-20-10-6-3-7-11-20/h2-16,18H,17H2,1H3,(H,25,26)/b24-16+. The van der Waals surface area contributed by atoms with Gasteiger partial charge in [-0.15, -0.1) is 0 Å². The van der Waals surface area contributed by atoms with Gasteiger partial charge < -0.3 is 9.47 Å². The molecule has 1 N–H and O–H groups in total. The van der Waals surface area contributed by atoms with E-state index in [0.717, 1.165) is 16.9 Å². The SMILES string of the molecule is CC(Oc1ccc(OCc2ccccc2)cc1)C(=O)N/N=C/c1ccccc1. The predicted molar refractivity (Wildman–Crippen MR) is 109 cm³/mol. The molecule has 5 nitrogen and oxygen atoms in total. The van der Waals surface area contributed by atoms with Crippen LogP contribution in [0.25, 0.3) is 0 Å². The van der Waals surface area contributed by atoms with E-state index in [9.17, 15) is 4.79 Å². The lowest BCUT2D eigenvalue weighted by Gasteiger charge is -2.13. The van der Waals surface area contributed by atoms with Gasteiger partial charge in [0.1, 0.15) is 18.1 Å². The Morgan fingerprint density at radius 1 is 0.929 bits per heavy atom. The minimum atomic E-state index is -0.677. The molecule has 0 radical (unpaired) electrons. The van der Waals surface area contributed by atoms with E-state index in [1.807, 2.05) is 72.8 Å². The van der Waals surface area contributed by atoms with Gasteiger partial charge in [0.15, 0.2) is 6.10 Å². The van der Waals surface area contributed by atoms with Crippen LogP contribution in [0.3, 0.4) is 0 Å². The van der Waals surface area contributed by atoms with Crippen LogP contribution in [0.2, 0.25) is 0 Å². The third-order valence-electron chi connectivity index (χ3n) is 3.94. The van der Waals surface area contributed by atoms with Crippen LogP contribution >= 0.6 is 0 Å². The van der Waals surface area contributed by atoms with E-state index in [-0.39, 0.29) is 5.91 Å². The van der Waals surface area contributed by atoms with Gasteiger partial charge in [0.25, 0.3) is 5.91 Å². The highest BCUT2D eigenvalue weighted by molar-refractivity contribution is 5.84. The number of nitrogens with zero attached hydrogens (tertiary/aromatic N) is 1. The number of hydrazone groups is 1. The number of hydrogen-bond donors (Lipinski definition) is 1. The molecule has 0 aliphatic heterocycles. The average molecular weight is 374 g/mol. The van der Waals surface area contributed by atoms with Gasteiger partial charge in [0.05, 0.1) is 6.21 Å². The lowest BCUT2D eigenvalue weighted by atomic mass is 10.2. The zero-order valence-corrected chi connectivity index (χ0v) is 15.6. The van der Waals surface area contributed by atoms with Crippen LogP contribution < -0.4 is 14.9 Å². The number of hydrogen-bond acceptors (Lipinski definition) is 4. The molecule has 0 spiro atoms. The third-order valence-corrected chi connectivity index (χ3v) is 3.94. The van der Waals surface area contributed by atoms with Gasteiger partial charge in [-0.25, -0.2) is 5.43 Å². The minimum Gasteiger partial charge on any atom is -0.489 e. The smallest absolute Gasteiger partial charge is 0.280 e. The van der Waals surface area contributed by atoms with Gasteiger partial charge >= 0.3 is 0 Å². The summed E-state index contributed by atoms with van der Waals surface area (Å²) in [4.78, 5) is 12.1. The lowest BCUT2D eigenvalue weighted by Crippen LogP contribution is -2.33. The molecule has 0 heterocycles. The Labute approximate surface area is 164 Å². The molecule has 3 rings (SSSR count). The Morgan fingerprint density at radius 3 is 2.21 bits per heavy atom. The van der Waals surface area contributed by atoms with Crippen molar-refractivity contribution in [2.75, 3.05) is 0 Å². The molecule has 0 bridgehead atoms. The first-order valence-electron chi connectivity index (χ1n) is 9.02. The summed E-state index contributed by atoms with van der Waals surface area (Å²) >= 11 is 0. The van der Waals surface area contributed by atoms with E-state index in [0.29, 0.717) is 12.4 Å². The average Bonchev–Trinajstić information content (AvgIpc) is 2.74. The van der Waals surface area contributed by atoms with E-state index in [1.165, 1.54) is 0 Å². The Balaban J connectivity index is 1.46. The van der Waals surface area contributed by atoms with Gasteiger partial charge in [-0.3, -0.25) is 4.79 Å². The molecular weight excluding hydrogens is 352 g/mol. The summed E-state index contributed by atoms with van der Waals surface area (Å²) in [5.74, 6) is 0.999. The molecule has 1 atom stereocenters. The summed E-state index contributed by atoms with van der Waals surface area (Å²) in [6, 6.07) is 26.7. The van der Waals surface area contributed by atoms with Crippen molar-refractivity contribution in [1.29, 1.82) is 0 Å². The highest BCUT2D eigenvalue weighted by Gasteiger charge is 2.13.